The highest BCUT2D eigenvalue weighted by Gasteiger charge is 2.41. The minimum atomic E-state index is 0.0801. The summed E-state index contributed by atoms with van der Waals surface area (Å²) in [6.07, 6.45) is 7.52. The van der Waals surface area contributed by atoms with Crippen molar-refractivity contribution in [1.29, 1.82) is 0 Å². The van der Waals surface area contributed by atoms with Gasteiger partial charge in [0.1, 0.15) is 5.78 Å². The normalized spacial score (nSPS) is 27.8. The van der Waals surface area contributed by atoms with Gasteiger partial charge in [-0.25, -0.2) is 0 Å². The second-order valence-corrected chi connectivity index (χ2v) is 5.95. The van der Waals surface area contributed by atoms with E-state index < -0.39 is 0 Å². The quantitative estimate of drug-likeness (QED) is 0.753. The molecule has 1 atom stereocenters. The molecule has 2 aliphatic rings. The molecule has 0 bridgehead atoms. The molecule has 0 radical (unpaired) electrons. The van der Waals surface area contributed by atoms with Gasteiger partial charge in [-0.1, -0.05) is 12.8 Å². The van der Waals surface area contributed by atoms with Gasteiger partial charge in [0, 0.05) is 25.5 Å². The van der Waals surface area contributed by atoms with Gasteiger partial charge in [0.2, 0.25) is 0 Å². The monoisotopic (exact) mass is 239 g/mol. The van der Waals surface area contributed by atoms with Crippen molar-refractivity contribution in [2.45, 2.75) is 50.5 Å². The van der Waals surface area contributed by atoms with E-state index in [0.29, 0.717) is 12.2 Å². The van der Waals surface area contributed by atoms with Gasteiger partial charge in [0.25, 0.3) is 0 Å². The van der Waals surface area contributed by atoms with Gasteiger partial charge >= 0.3 is 0 Å². The van der Waals surface area contributed by atoms with Crippen LogP contribution in [0.4, 0.5) is 0 Å². The number of ketones is 1. The molecule has 2 fully saturated rings. The zero-order chi connectivity index (χ0) is 12.3. The number of nitrogens with zero attached hydrogens (tertiary/aromatic N) is 1. The maximum Gasteiger partial charge on any atom is 0.137 e. The molecule has 0 aromatic rings. The lowest BCUT2D eigenvalue weighted by atomic mass is 9.81. The summed E-state index contributed by atoms with van der Waals surface area (Å²) in [6, 6.07) is 0. The molecule has 1 saturated heterocycles. The Hall–Kier alpha value is -0.410. The van der Waals surface area contributed by atoms with Gasteiger partial charge < -0.3 is 9.64 Å². The molecule has 0 aromatic heterocycles. The molecular weight excluding hydrogens is 214 g/mol. The average molecular weight is 239 g/mol. The molecular formula is C14H25NO2. The number of carbonyl (C=O) groups excluding carboxylic acids is 1. The lowest BCUT2D eigenvalue weighted by Gasteiger charge is -2.37. The zero-order valence-electron chi connectivity index (χ0n) is 11.2. The minimum absolute atomic E-state index is 0.0801. The van der Waals surface area contributed by atoms with Crippen molar-refractivity contribution in [2.75, 3.05) is 27.2 Å². The molecule has 3 nitrogen and oxygen atoms in total. The Kier molecular flexibility index (Phi) is 4.21. The minimum Gasteiger partial charge on any atom is -0.375 e. The predicted molar refractivity (Wildman–Crippen MR) is 68.1 cm³/mol. The molecule has 1 unspecified atom stereocenters. The van der Waals surface area contributed by atoms with Crippen LogP contribution in [0.25, 0.3) is 0 Å². The molecule has 98 valence electrons. The van der Waals surface area contributed by atoms with E-state index in [9.17, 15) is 4.79 Å². The van der Waals surface area contributed by atoms with E-state index in [-0.39, 0.29) is 11.5 Å². The van der Waals surface area contributed by atoms with Crippen LogP contribution in [0.1, 0.15) is 44.9 Å². The fourth-order valence-electron chi connectivity index (χ4n) is 3.21. The smallest absolute Gasteiger partial charge is 0.137 e. The first-order chi connectivity index (χ1) is 8.11. The van der Waals surface area contributed by atoms with Gasteiger partial charge in [-0.3, -0.25) is 4.79 Å². The van der Waals surface area contributed by atoms with Crippen molar-refractivity contribution < 1.29 is 9.53 Å². The van der Waals surface area contributed by atoms with Gasteiger partial charge in [0.05, 0.1) is 5.60 Å². The van der Waals surface area contributed by atoms with Gasteiger partial charge in [0.15, 0.2) is 0 Å². The molecule has 1 aliphatic carbocycles. The number of ether oxygens (including phenoxy) is 1. The molecule has 3 heteroatoms. The molecule has 1 spiro atoms. The van der Waals surface area contributed by atoms with Crippen molar-refractivity contribution in [3.05, 3.63) is 0 Å². The third-order valence-electron chi connectivity index (χ3n) is 4.27. The fourth-order valence-corrected chi connectivity index (χ4v) is 3.21. The summed E-state index contributed by atoms with van der Waals surface area (Å²) in [5.41, 5.74) is 0.0801. The van der Waals surface area contributed by atoms with Crippen molar-refractivity contribution in [1.82, 2.24) is 4.90 Å². The van der Waals surface area contributed by atoms with E-state index in [1.54, 1.807) is 0 Å². The predicted octanol–water partition coefficient (Wildman–Crippen LogP) is 2.25. The maximum absolute atomic E-state index is 12.2. The highest BCUT2D eigenvalue weighted by atomic mass is 16.5. The average Bonchev–Trinajstić information content (AvgIpc) is 2.74. The van der Waals surface area contributed by atoms with Crippen LogP contribution in [-0.2, 0) is 9.53 Å². The summed E-state index contributed by atoms with van der Waals surface area (Å²) in [4.78, 5) is 14.2. The molecule has 0 N–H and O–H groups in total. The molecule has 1 saturated carbocycles. The van der Waals surface area contributed by atoms with Crippen LogP contribution in [0.2, 0.25) is 0 Å². The van der Waals surface area contributed by atoms with E-state index in [4.69, 9.17) is 4.74 Å². The molecule has 2 rings (SSSR count). The van der Waals surface area contributed by atoms with E-state index in [1.165, 1.54) is 25.7 Å². The third kappa shape index (κ3) is 3.29. The highest BCUT2D eigenvalue weighted by molar-refractivity contribution is 5.81. The number of carbonyl (C=O) groups is 1. The number of rotatable bonds is 4. The fraction of sp³-hybridized carbons (Fsp3) is 0.929. The molecule has 0 aromatic carbocycles. The van der Waals surface area contributed by atoms with E-state index >= 15 is 0 Å². The lowest BCUT2D eigenvalue weighted by molar-refractivity contribution is -0.136. The largest absolute Gasteiger partial charge is 0.375 e. The zero-order valence-corrected chi connectivity index (χ0v) is 11.2. The summed E-state index contributed by atoms with van der Waals surface area (Å²) < 4.78 is 5.97. The Bertz CT molecular complexity index is 269. The molecule has 0 amide bonds. The van der Waals surface area contributed by atoms with E-state index in [1.807, 2.05) is 14.1 Å². The van der Waals surface area contributed by atoms with Crippen molar-refractivity contribution in [3.63, 3.8) is 0 Å². The second kappa shape index (κ2) is 5.49. The van der Waals surface area contributed by atoms with Crippen LogP contribution < -0.4 is 0 Å². The highest BCUT2D eigenvalue weighted by Crippen LogP contribution is 2.42. The molecule has 1 heterocycles. The van der Waals surface area contributed by atoms with Gasteiger partial charge in [-0.2, -0.15) is 0 Å². The van der Waals surface area contributed by atoms with Crippen LogP contribution in [0.3, 0.4) is 0 Å². The van der Waals surface area contributed by atoms with Gasteiger partial charge in [-0.15, -0.1) is 0 Å². The summed E-state index contributed by atoms with van der Waals surface area (Å²) >= 11 is 0. The Morgan fingerprint density at radius 2 is 2.06 bits per heavy atom. The summed E-state index contributed by atoms with van der Waals surface area (Å²) in [5.74, 6) is 0.718. The van der Waals surface area contributed by atoms with Crippen LogP contribution in [0.15, 0.2) is 0 Å². The van der Waals surface area contributed by atoms with Crippen LogP contribution in [0, 0.1) is 5.92 Å². The van der Waals surface area contributed by atoms with Crippen molar-refractivity contribution >= 4 is 5.78 Å². The SMILES string of the molecule is CN(C)CCC(=O)C1CCOC2(CCCC2)C1. The standard InChI is InChI=1S/C14H25NO2/c1-15(2)9-5-13(16)12-6-10-17-14(11-12)7-3-4-8-14/h12H,3-11H2,1-2H3. The first kappa shape index (κ1) is 13.0. The number of Topliss-reactive ketones (excluding diaryl/α,β-unsaturated/α-hetero) is 1. The Morgan fingerprint density at radius 1 is 1.35 bits per heavy atom. The topological polar surface area (TPSA) is 29.5 Å². The maximum atomic E-state index is 12.2. The Labute approximate surface area is 105 Å². The molecule has 17 heavy (non-hydrogen) atoms. The molecule has 1 aliphatic heterocycles. The summed E-state index contributed by atoms with van der Waals surface area (Å²) in [7, 11) is 4.05. The second-order valence-electron chi connectivity index (χ2n) is 5.95. The number of hydrogen-bond donors (Lipinski definition) is 0. The summed E-state index contributed by atoms with van der Waals surface area (Å²) in [6.45, 7) is 1.67. The van der Waals surface area contributed by atoms with Crippen LogP contribution in [-0.4, -0.2) is 43.5 Å². The van der Waals surface area contributed by atoms with Crippen LogP contribution >= 0.6 is 0 Å². The number of hydrogen-bond acceptors (Lipinski definition) is 3. The lowest BCUT2D eigenvalue weighted by Crippen LogP contribution is -2.40. The Balaban J connectivity index is 1.86. The van der Waals surface area contributed by atoms with E-state index in [0.717, 1.165) is 26.0 Å². The van der Waals surface area contributed by atoms with Crippen LogP contribution in [0.5, 0.6) is 0 Å². The van der Waals surface area contributed by atoms with E-state index in [2.05, 4.69) is 4.90 Å². The van der Waals surface area contributed by atoms with Crippen molar-refractivity contribution in [3.8, 4) is 0 Å². The first-order valence-electron chi connectivity index (χ1n) is 6.93. The summed E-state index contributed by atoms with van der Waals surface area (Å²) in [5, 5.41) is 0. The van der Waals surface area contributed by atoms with Crippen molar-refractivity contribution in [2.24, 2.45) is 5.92 Å². The third-order valence-corrected chi connectivity index (χ3v) is 4.27. The first-order valence-corrected chi connectivity index (χ1v) is 6.93. The van der Waals surface area contributed by atoms with Gasteiger partial charge in [-0.05, 0) is 39.8 Å². The Morgan fingerprint density at radius 3 is 2.71 bits per heavy atom.